The zero-order chi connectivity index (χ0) is 12.1. The van der Waals surface area contributed by atoms with Gasteiger partial charge in [-0.2, -0.15) is 0 Å². The summed E-state index contributed by atoms with van der Waals surface area (Å²) in [5.74, 6) is -0.0707. The number of hydrogen-bond donors (Lipinski definition) is 2. The van der Waals surface area contributed by atoms with Crippen molar-refractivity contribution < 1.29 is 9.90 Å². The summed E-state index contributed by atoms with van der Waals surface area (Å²) in [5.41, 5.74) is 0.722. The van der Waals surface area contributed by atoms with Crippen LogP contribution in [0.4, 0.5) is 0 Å². The first-order chi connectivity index (χ1) is 7.56. The third-order valence-electron chi connectivity index (χ3n) is 1.85. The van der Waals surface area contributed by atoms with Crippen LogP contribution >= 0.6 is 67.8 Å². The van der Waals surface area contributed by atoms with Crippen molar-refractivity contribution in [2.45, 2.75) is 6.42 Å². The molecule has 6 heteroatoms. The van der Waals surface area contributed by atoms with E-state index in [4.69, 9.17) is 5.11 Å². The minimum absolute atomic E-state index is 0.0707. The molecule has 0 radical (unpaired) electrons. The van der Waals surface area contributed by atoms with Gasteiger partial charge in [0.1, 0.15) is 0 Å². The van der Waals surface area contributed by atoms with E-state index in [0.29, 0.717) is 13.0 Å². The third-order valence-corrected chi connectivity index (χ3v) is 4.18. The van der Waals surface area contributed by atoms with Crippen molar-refractivity contribution in [3.8, 4) is 0 Å². The first kappa shape index (κ1) is 14.9. The molecular formula is C10H10I3NO2. The van der Waals surface area contributed by atoms with Crippen LogP contribution < -0.4 is 5.32 Å². The number of carbonyl (C=O) groups is 1. The van der Waals surface area contributed by atoms with Crippen LogP contribution in [-0.4, -0.2) is 24.2 Å². The SMILES string of the molecule is O=C(NCCCO)c1c(I)cc(I)cc1I. The fraction of sp³-hybridized carbons (Fsp3) is 0.300. The van der Waals surface area contributed by atoms with Crippen molar-refractivity contribution >= 4 is 73.7 Å². The fourth-order valence-corrected chi connectivity index (χ4v) is 5.20. The van der Waals surface area contributed by atoms with Gasteiger partial charge in [0.05, 0.1) is 5.56 Å². The van der Waals surface area contributed by atoms with E-state index >= 15 is 0 Å². The Morgan fingerprint density at radius 3 is 2.31 bits per heavy atom. The van der Waals surface area contributed by atoms with Crippen LogP contribution in [0.3, 0.4) is 0 Å². The molecule has 0 atom stereocenters. The first-order valence-corrected chi connectivity index (χ1v) is 7.83. The molecule has 1 rings (SSSR count). The molecule has 0 unspecified atom stereocenters. The molecule has 0 heterocycles. The summed E-state index contributed by atoms with van der Waals surface area (Å²) in [6.45, 7) is 0.606. The van der Waals surface area contributed by atoms with E-state index < -0.39 is 0 Å². The molecule has 16 heavy (non-hydrogen) atoms. The second-order valence-electron chi connectivity index (χ2n) is 3.08. The van der Waals surface area contributed by atoms with E-state index in [9.17, 15) is 4.79 Å². The molecule has 0 aliphatic rings. The van der Waals surface area contributed by atoms with Crippen LogP contribution in [-0.2, 0) is 0 Å². The number of aliphatic hydroxyl groups is 1. The zero-order valence-corrected chi connectivity index (χ0v) is 14.7. The van der Waals surface area contributed by atoms with Gasteiger partial charge in [-0.3, -0.25) is 4.79 Å². The van der Waals surface area contributed by atoms with E-state index in [0.717, 1.165) is 16.3 Å². The summed E-state index contributed by atoms with van der Waals surface area (Å²) in [6.07, 6.45) is 0.587. The molecule has 1 aromatic rings. The third kappa shape index (κ3) is 4.26. The van der Waals surface area contributed by atoms with E-state index in [1.165, 1.54) is 0 Å². The number of aliphatic hydroxyl groups excluding tert-OH is 1. The minimum atomic E-state index is -0.0707. The van der Waals surface area contributed by atoms with Crippen molar-refractivity contribution in [3.05, 3.63) is 28.4 Å². The van der Waals surface area contributed by atoms with Crippen LogP contribution in [0.5, 0.6) is 0 Å². The highest BCUT2D eigenvalue weighted by Gasteiger charge is 2.14. The summed E-state index contributed by atoms with van der Waals surface area (Å²) in [5, 5.41) is 11.4. The highest BCUT2D eigenvalue weighted by molar-refractivity contribution is 14.1. The van der Waals surface area contributed by atoms with Gasteiger partial charge in [0.25, 0.3) is 5.91 Å². The highest BCUT2D eigenvalue weighted by atomic mass is 127. The Kier molecular flexibility index (Phi) is 6.81. The lowest BCUT2D eigenvalue weighted by Crippen LogP contribution is -2.26. The van der Waals surface area contributed by atoms with Crippen LogP contribution in [0, 0.1) is 10.7 Å². The average Bonchev–Trinajstić information content (AvgIpc) is 2.16. The highest BCUT2D eigenvalue weighted by Crippen LogP contribution is 2.22. The quantitative estimate of drug-likeness (QED) is 0.443. The van der Waals surface area contributed by atoms with Gasteiger partial charge in [0, 0.05) is 23.9 Å². The number of amides is 1. The predicted molar refractivity (Wildman–Crippen MR) is 88.6 cm³/mol. The molecule has 0 aliphatic heterocycles. The van der Waals surface area contributed by atoms with E-state index in [-0.39, 0.29) is 12.5 Å². The Hall–Kier alpha value is 0.840. The lowest BCUT2D eigenvalue weighted by molar-refractivity contribution is 0.0949. The topological polar surface area (TPSA) is 49.3 Å². The summed E-state index contributed by atoms with van der Waals surface area (Å²) < 4.78 is 3.03. The molecular weight excluding hydrogens is 547 g/mol. The molecule has 0 fully saturated rings. The van der Waals surface area contributed by atoms with Crippen molar-refractivity contribution in [2.75, 3.05) is 13.2 Å². The Bertz CT molecular complexity index is 373. The first-order valence-electron chi connectivity index (χ1n) is 4.60. The lowest BCUT2D eigenvalue weighted by Gasteiger charge is -2.09. The lowest BCUT2D eigenvalue weighted by atomic mass is 10.2. The second kappa shape index (κ2) is 7.31. The molecule has 0 saturated heterocycles. The molecule has 1 amide bonds. The molecule has 0 spiro atoms. The molecule has 2 N–H and O–H groups in total. The van der Waals surface area contributed by atoms with Gasteiger partial charge < -0.3 is 10.4 Å². The number of halogens is 3. The number of carbonyl (C=O) groups excluding carboxylic acids is 1. The molecule has 1 aromatic carbocycles. The van der Waals surface area contributed by atoms with Crippen molar-refractivity contribution in [1.29, 1.82) is 0 Å². The van der Waals surface area contributed by atoms with Crippen molar-refractivity contribution in [1.82, 2.24) is 5.32 Å². The monoisotopic (exact) mass is 557 g/mol. The van der Waals surface area contributed by atoms with E-state index in [2.05, 4.69) is 73.1 Å². The predicted octanol–water partition coefficient (Wildman–Crippen LogP) is 2.61. The zero-order valence-electron chi connectivity index (χ0n) is 8.27. The van der Waals surface area contributed by atoms with Crippen molar-refractivity contribution in [2.24, 2.45) is 0 Å². The van der Waals surface area contributed by atoms with Gasteiger partial charge >= 0.3 is 0 Å². The van der Waals surface area contributed by atoms with E-state index in [1.54, 1.807) is 0 Å². The standard InChI is InChI=1S/C10H10I3NO2/c11-6-4-7(12)9(8(13)5-6)10(16)14-2-1-3-15/h4-5,15H,1-3H2,(H,14,16). The summed E-state index contributed by atoms with van der Waals surface area (Å²) in [4.78, 5) is 11.9. The van der Waals surface area contributed by atoms with Gasteiger partial charge in [-0.15, -0.1) is 0 Å². The molecule has 0 aliphatic carbocycles. The maximum Gasteiger partial charge on any atom is 0.253 e. The smallest absolute Gasteiger partial charge is 0.253 e. The largest absolute Gasteiger partial charge is 0.396 e. The Morgan fingerprint density at radius 1 is 1.25 bits per heavy atom. The average molecular weight is 557 g/mol. The maximum atomic E-state index is 11.9. The Morgan fingerprint density at radius 2 is 1.81 bits per heavy atom. The summed E-state index contributed by atoms with van der Waals surface area (Å²) in [6, 6.07) is 3.95. The molecule has 88 valence electrons. The fourth-order valence-electron chi connectivity index (χ4n) is 1.13. The molecule has 0 bridgehead atoms. The Labute approximate surface area is 135 Å². The number of rotatable bonds is 4. The van der Waals surface area contributed by atoms with Crippen LogP contribution in [0.25, 0.3) is 0 Å². The summed E-state index contributed by atoms with van der Waals surface area (Å²) >= 11 is 6.57. The minimum Gasteiger partial charge on any atom is -0.396 e. The number of nitrogens with one attached hydrogen (secondary N) is 1. The van der Waals surface area contributed by atoms with Crippen LogP contribution in [0.1, 0.15) is 16.8 Å². The normalized spacial score (nSPS) is 10.2. The second-order valence-corrected chi connectivity index (χ2v) is 6.65. The van der Waals surface area contributed by atoms with E-state index in [1.807, 2.05) is 12.1 Å². The number of benzene rings is 1. The van der Waals surface area contributed by atoms with Crippen LogP contribution in [0.15, 0.2) is 12.1 Å². The van der Waals surface area contributed by atoms with Crippen LogP contribution in [0.2, 0.25) is 0 Å². The van der Waals surface area contributed by atoms with Gasteiger partial charge in [-0.05, 0) is 86.3 Å². The Balaban J connectivity index is 2.83. The molecule has 0 aromatic heterocycles. The van der Waals surface area contributed by atoms with Gasteiger partial charge in [-0.25, -0.2) is 0 Å². The molecule has 3 nitrogen and oxygen atoms in total. The van der Waals surface area contributed by atoms with Gasteiger partial charge in [0.2, 0.25) is 0 Å². The summed E-state index contributed by atoms with van der Waals surface area (Å²) in [7, 11) is 0. The van der Waals surface area contributed by atoms with Gasteiger partial charge in [-0.1, -0.05) is 0 Å². The maximum absolute atomic E-state index is 11.9. The van der Waals surface area contributed by atoms with Crippen molar-refractivity contribution in [3.63, 3.8) is 0 Å². The molecule has 0 saturated carbocycles. The number of hydrogen-bond acceptors (Lipinski definition) is 2. The van der Waals surface area contributed by atoms with Gasteiger partial charge in [0.15, 0.2) is 0 Å².